The first-order chi connectivity index (χ1) is 5.30. The van der Waals surface area contributed by atoms with Crippen molar-refractivity contribution in [3.8, 4) is 0 Å². The van der Waals surface area contributed by atoms with Crippen molar-refractivity contribution < 1.29 is 5.11 Å². The van der Waals surface area contributed by atoms with Crippen molar-refractivity contribution >= 4 is 0 Å². The summed E-state index contributed by atoms with van der Waals surface area (Å²) in [5.41, 5.74) is 0.613. The van der Waals surface area contributed by atoms with Crippen LogP contribution in [0.15, 0.2) is 0 Å². The molecule has 2 fully saturated rings. The Kier molecular flexibility index (Phi) is 1.69. The highest BCUT2D eigenvalue weighted by molar-refractivity contribution is 5.08. The number of aliphatic hydroxyl groups excluding tert-OH is 1. The van der Waals surface area contributed by atoms with E-state index in [-0.39, 0.29) is 0 Å². The van der Waals surface area contributed by atoms with Crippen molar-refractivity contribution in [2.24, 2.45) is 11.3 Å². The quantitative estimate of drug-likeness (QED) is 0.617. The smallest absolute Gasteiger partial charge is 0.0584 e. The summed E-state index contributed by atoms with van der Waals surface area (Å²) in [4.78, 5) is 0. The van der Waals surface area contributed by atoms with E-state index in [1.54, 1.807) is 0 Å². The molecule has 64 valence electrons. The lowest BCUT2D eigenvalue weighted by Gasteiger charge is -2.05. The zero-order valence-electron chi connectivity index (χ0n) is 7.14. The predicted octanol–water partition coefficient (Wildman–Crippen LogP) is 0.757. The molecule has 2 heteroatoms. The zero-order chi connectivity index (χ0) is 7.90. The van der Waals surface area contributed by atoms with Crippen LogP contribution in [0.4, 0.5) is 0 Å². The molecule has 2 N–H and O–H groups in total. The second kappa shape index (κ2) is 2.46. The fourth-order valence-corrected chi connectivity index (χ4v) is 2.59. The van der Waals surface area contributed by atoms with Gasteiger partial charge in [-0.2, -0.15) is 0 Å². The van der Waals surface area contributed by atoms with Gasteiger partial charge in [-0.1, -0.05) is 13.3 Å². The van der Waals surface area contributed by atoms with Gasteiger partial charge in [0.15, 0.2) is 0 Å². The van der Waals surface area contributed by atoms with E-state index in [0.29, 0.717) is 18.1 Å². The summed E-state index contributed by atoms with van der Waals surface area (Å²) >= 11 is 0. The van der Waals surface area contributed by atoms with E-state index in [1.165, 1.54) is 19.3 Å². The van der Waals surface area contributed by atoms with Crippen LogP contribution in [-0.4, -0.2) is 24.3 Å². The van der Waals surface area contributed by atoms with Crippen LogP contribution in [0.3, 0.4) is 0 Å². The molecule has 1 saturated carbocycles. The molecule has 2 rings (SSSR count). The largest absolute Gasteiger partial charge is 0.395 e. The van der Waals surface area contributed by atoms with E-state index in [0.717, 1.165) is 12.5 Å². The van der Waals surface area contributed by atoms with Crippen LogP contribution in [0.1, 0.15) is 26.2 Å². The first-order valence-corrected chi connectivity index (χ1v) is 4.65. The van der Waals surface area contributed by atoms with E-state index in [2.05, 4.69) is 12.2 Å². The first-order valence-electron chi connectivity index (χ1n) is 4.65. The van der Waals surface area contributed by atoms with Gasteiger partial charge >= 0.3 is 0 Å². The van der Waals surface area contributed by atoms with Crippen molar-refractivity contribution in [1.29, 1.82) is 0 Å². The topological polar surface area (TPSA) is 32.3 Å². The molecule has 0 aromatic heterocycles. The molecule has 11 heavy (non-hydrogen) atoms. The molecule has 0 radical (unpaired) electrons. The molecule has 1 aliphatic carbocycles. The summed E-state index contributed by atoms with van der Waals surface area (Å²) in [6, 6.07) is 0.395. The standard InChI is InChI=1S/C9H17NO/c1-2-7-3-9(7)4-8(5-11)10-6-9/h7-8,10-11H,2-6H2,1H3. The van der Waals surface area contributed by atoms with Crippen molar-refractivity contribution in [2.75, 3.05) is 13.2 Å². The molecule has 1 aliphatic heterocycles. The molecule has 0 amide bonds. The van der Waals surface area contributed by atoms with Crippen LogP contribution in [-0.2, 0) is 0 Å². The summed E-state index contributed by atoms with van der Waals surface area (Å²) < 4.78 is 0. The number of hydrogen-bond donors (Lipinski definition) is 2. The Morgan fingerprint density at radius 3 is 2.82 bits per heavy atom. The highest BCUT2D eigenvalue weighted by atomic mass is 16.3. The number of aliphatic hydroxyl groups is 1. The summed E-state index contributed by atoms with van der Waals surface area (Å²) in [6.07, 6.45) is 3.93. The van der Waals surface area contributed by atoms with Gasteiger partial charge in [0, 0.05) is 12.6 Å². The SMILES string of the molecule is CCC1CC12CNC(CO)C2. The molecule has 1 heterocycles. The molecule has 3 atom stereocenters. The summed E-state index contributed by atoms with van der Waals surface area (Å²) in [5.74, 6) is 0.951. The lowest BCUT2D eigenvalue weighted by atomic mass is 9.99. The second-order valence-corrected chi connectivity index (χ2v) is 4.14. The van der Waals surface area contributed by atoms with Crippen molar-refractivity contribution in [1.82, 2.24) is 5.32 Å². The second-order valence-electron chi connectivity index (χ2n) is 4.14. The molecule has 2 nitrogen and oxygen atoms in total. The van der Waals surface area contributed by atoms with Crippen molar-refractivity contribution in [3.63, 3.8) is 0 Å². The first kappa shape index (κ1) is 7.56. The van der Waals surface area contributed by atoms with Crippen LogP contribution in [0.2, 0.25) is 0 Å². The van der Waals surface area contributed by atoms with E-state index in [4.69, 9.17) is 5.11 Å². The molecular formula is C9H17NO. The maximum absolute atomic E-state index is 8.92. The van der Waals surface area contributed by atoms with Gasteiger partial charge in [0.1, 0.15) is 0 Å². The lowest BCUT2D eigenvalue weighted by Crippen LogP contribution is -2.24. The lowest BCUT2D eigenvalue weighted by molar-refractivity contribution is 0.251. The maximum Gasteiger partial charge on any atom is 0.0584 e. The van der Waals surface area contributed by atoms with Gasteiger partial charge in [0.25, 0.3) is 0 Å². The highest BCUT2D eigenvalue weighted by Gasteiger charge is 2.55. The third-order valence-corrected chi connectivity index (χ3v) is 3.47. The van der Waals surface area contributed by atoms with Gasteiger partial charge in [-0.15, -0.1) is 0 Å². The van der Waals surface area contributed by atoms with Gasteiger partial charge in [-0.05, 0) is 24.2 Å². The fourth-order valence-electron chi connectivity index (χ4n) is 2.59. The Morgan fingerprint density at radius 1 is 1.55 bits per heavy atom. The number of nitrogens with one attached hydrogen (secondary N) is 1. The third-order valence-electron chi connectivity index (χ3n) is 3.47. The Balaban J connectivity index is 1.91. The van der Waals surface area contributed by atoms with E-state index in [1.807, 2.05) is 0 Å². The summed E-state index contributed by atoms with van der Waals surface area (Å²) in [7, 11) is 0. The Labute approximate surface area is 68.0 Å². The van der Waals surface area contributed by atoms with Crippen molar-refractivity contribution in [2.45, 2.75) is 32.2 Å². The van der Waals surface area contributed by atoms with Gasteiger partial charge in [-0.25, -0.2) is 0 Å². The zero-order valence-corrected chi connectivity index (χ0v) is 7.14. The highest BCUT2D eigenvalue weighted by Crippen LogP contribution is 2.59. The number of hydrogen-bond acceptors (Lipinski definition) is 2. The van der Waals surface area contributed by atoms with Gasteiger partial charge < -0.3 is 10.4 Å². The number of rotatable bonds is 2. The maximum atomic E-state index is 8.92. The van der Waals surface area contributed by atoms with E-state index < -0.39 is 0 Å². The minimum absolute atomic E-state index is 0.318. The van der Waals surface area contributed by atoms with Crippen LogP contribution >= 0.6 is 0 Å². The summed E-state index contributed by atoms with van der Waals surface area (Å²) in [6.45, 7) is 3.74. The molecule has 1 saturated heterocycles. The molecule has 3 unspecified atom stereocenters. The van der Waals surface area contributed by atoms with Crippen LogP contribution in [0, 0.1) is 11.3 Å². The molecule has 1 spiro atoms. The molecule has 0 aromatic carbocycles. The van der Waals surface area contributed by atoms with Crippen LogP contribution in [0.5, 0.6) is 0 Å². The van der Waals surface area contributed by atoms with E-state index in [9.17, 15) is 0 Å². The fraction of sp³-hybridized carbons (Fsp3) is 1.00. The van der Waals surface area contributed by atoms with Crippen molar-refractivity contribution in [3.05, 3.63) is 0 Å². The molecular weight excluding hydrogens is 138 g/mol. The normalized spacial score (nSPS) is 48.5. The average Bonchev–Trinajstić information content (AvgIpc) is 2.53. The minimum Gasteiger partial charge on any atom is -0.395 e. The monoisotopic (exact) mass is 155 g/mol. The molecule has 0 aromatic rings. The van der Waals surface area contributed by atoms with Crippen LogP contribution in [0.25, 0.3) is 0 Å². The van der Waals surface area contributed by atoms with E-state index >= 15 is 0 Å². The van der Waals surface area contributed by atoms with Gasteiger partial charge in [0.05, 0.1) is 6.61 Å². The summed E-state index contributed by atoms with van der Waals surface area (Å²) in [5, 5.41) is 12.3. The predicted molar refractivity (Wildman–Crippen MR) is 44.3 cm³/mol. The van der Waals surface area contributed by atoms with Gasteiger partial charge in [-0.3, -0.25) is 0 Å². The average molecular weight is 155 g/mol. The van der Waals surface area contributed by atoms with Gasteiger partial charge in [0.2, 0.25) is 0 Å². The molecule has 2 aliphatic rings. The Bertz CT molecular complexity index is 156. The Morgan fingerprint density at radius 2 is 2.36 bits per heavy atom. The molecule has 0 bridgehead atoms. The third kappa shape index (κ3) is 1.09. The minimum atomic E-state index is 0.318. The Hall–Kier alpha value is -0.0800. The van der Waals surface area contributed by atoms with Crippen LogP contribution < -0.4 is 5.32 Å².